The van der Waals surface area contributed by atoms with Gasteiger partial charge in [0.15, 0.2) is 5.65 Å². The second-order valence-electron chi connectivity index (χ2n) is 5.60. The second kappa shape index (κ2) is 4.39. The van der Waals surface area contributed by atoms with Crippen molar-refractivity contribution < 1.29 is 0 Å². The largest absolute Gasteiger partial charge is 0.240 e. The van der Waals surface area contributed by atoms with Gasteiger partial charge in [-0.25, -0.2) is 14.0 Å². The van der Waals surface area contributed by atoms with E-state index >= 15 is 0 Å². The number of hydrogen-bond acceptors (Lipinski definition) is 3. The van der Waals surface area contributed by atoms with Gasteiger partial charge in [-0.1, -0.05) is 30.3 Å². The molecule has 0 aliphatic heterocycles. The van der Waals surface area contributed by atoms with Crippen LogP contribution in [0.2, 0.25) is 0 Å². The molecule has 110 valence electrons. The highest BCUT2D eigenvalue weighted by Gasteiger charge is 2.15. The lowest BCUT2D eigenvalue weighted by molar-refractivity contribution is 0.939. The van der Waals surface area contributed by atoms with Gasteiger partial charge in [-0.15, -0.1) is 0 Å². The Morgan fingerprint density at radius 2 is 1.83 bits per heavy atom. The van der Waals surface area contributed by atoms with E-state index in [-0.39, 0.29) is 0 Å². The fraction of sp³-hybridized carbons (Fsp3) is 0.0556. The molecule has 0 spiro atoms. The Hall–Kier alpha value is -3.21. The van der Waals surface area contributed by atoms with Gasteiger partial charge in [-0.2, -0.15) is 10.2 Å². The third-order valence-electron chi connectivity index (χ3n) is 4.24. The molecule has 0 aliphatic carbocycles. The van der Waals surface area contributed by atoms with E-state index in [1.54, 1.807) is 6.20 Å². The summed E-state index contributed by atoms with van der Waals surface area (Å²) in [6.45, 7) is 2.03. The average Bonchev–Trinajstić information content (AvgIpc) is 3.18. The first-order valence-electron chi connectivity index (χ1n) is 7.49. The number of hydrogen-bond donors (Lipinski definition) is 0. The van der Waals surface area contributed by atoms with Gasteiger partial charge < -0.3 is 0 Å². The van der Waals surface area contributed by atoms with Crippen molar-refractivity contribution in [3.8, 4) is 11.1 Å². The van der Waals surface area contributed by atoms with Crippen LogP contribution in [0.5, 0.6) is 0 Å². The van der Waals surface area contributed by atoms with E-state index in [0.29, 0.717) is 0 Å². The van der Waals surface area contributed by atoms with E-state index in [4.69, 9.17) is 10.1 Å². The summed E-state index contributed by atoms with van der Waals surface area (Å²) in [4.78, 5) is 4.70. The minimum Gasteiger partial charge on any atom is -0.240 e. The lowest BCUT2D eigenvalue weighted by atomic mass is 10.1. The number of benzene rings is 1. The van der Waals surface area contributed by atoms with Crippen molar-refractivity contribution in [1.29, 1.82) is 0 Å². The number of aryl methyl sites for hydroxylation is 1. The summed E-state index contributed by atoms with van der Waals surface area (Å²) in [7, 11) is 0. The van der Waals surface area contributed by atoms with E-state index in [0.717, 1.165) is 38.9 Å². The molecule has 0 saturated carbocycles. The highest BCUT2D eigenvalue weighted by atomic mass is 15.3. The molecule has 5 rings (SSSR count). The summed E-state index contributed by atoms with van der Waals surface area (Å²) >= 11 is 0. The van der Waals surface area contributed by atoms with E-state index in [1.165, 1.54) is 0 Å². The van der Waals surface area contributed by atoms with Crippen molar-refractivity contribution in [2.75, 3.05) is 0 Å². The van der Waals surface area contributed by atoms with E-state index in [1.807, 2.05) is 58.7 Å². The maximum atomic E-state index is 4.73. The Bertz CT molecular complexity index is 1170. The molecule has 0 aliphatic rings. The molecule has 1 aromatic carbocycles. The van der Waals surface area contributed by atoms with Gasteiger partial charge >= 0.3 is 0 Å². The minimum absolute atomic E-state index is 0.880. The normalized spacial score (nSPS) is 11.7. The van der Waals surface area contributed by atoms with Crippen LogP contribution in [0.3, 0.4) is 0 Å². The zero-order valence-corrected chi connectivity index (χ0v) is 12.5. The average molecular weight is 299 g/mol. The Morgan fingerprint density at radius 3 is 2.70 bits per heavy atom. The van der Waals surface area contributed by atoms with E-state index in [2.05, 4.69) is 17.2 Å². The van der Waals surface area contributed by atoms with Crippen molar-refractivity contribution in [3.05, 3.63) is 66.7 Å². The van der Waals surface area contributed by atoms with Gasteiger partial charge in [0.2, 0.25) is 0 Å². The van der Waals surface area contributed by atoms with E-state index in [9.17, 15) is 0 Å². The van der Waals surface area contributed by atoms with Gasteiger partial charge in [-0.05, 0) is 24.6 Å². The molecule has 0 amide bonds. The lowest BCUT2D eigenvalue weighted by Gasteiger charge is -2.04. The Labute approximate surface area is 131 Å². The van der Waals surface area contributed by atoms with Crippen molar-refractivity contribution >= 4 is 22.1 Å². The summed E-state index contributed by atoms with van der Waals surface area (Å²) < 4.78 is 3.78. The third-order valence-corrected chi connectivity index (χ3v) is 4.24. The zero-order valence-electron chi connectivity index (χ0n) is 12.5. The maximum Gasteiger partial charge on any atom is 0.163 e. The number of aromatic nitrogens is 5. The zero-order chi connectivity index (χ0) is 15.4. The molecule has 0 fully saturated rings. The number of fused-ring (bicyclic) bond motifs is 5. The molecule has 0 radical (unpaired) electrons. The molecular weight excluding hydrogens is 286 g/mol. The predicted molar refractivity (Wildman–Crippen MR) is 89.4 cm³/mol. The first kappa shape index (κ1) is 12.3. The van der Waals surface area contributed by atoms with Crippen molar-refractivity contribution in [3.63, 3.8) is 0 Å². The maximum absolute atomic E-state index is 4.73. The number of rotatable bonds is 1. The summed E-state index contributed by atoms with van der Waals surface area (Å²) in [6, 6.07) is 14.3. The van der Waals surface area contributed by atoms with Gasteiger partial charge in [0.25, 0.3) is 0 Å². The molecule has 23 heavy (non-hydrogen) atoms. The van der Waals surface area contributed by atoms with Crippen LogP contribution < -0.4 is 0 Å². The number of pyridine rings is 1. The number of nitrogens with zero attached hydrogens (tertiary/aromatic N) is 5. The van der Waals surface area contributed by atoms with Gasteiger partial charge in [0.05, 0.1) is 22.9 Å². The molecule has 4 aromatic heterocycles. The molecule has 5 nitrogen and oxygen atoms in total. The smallest absolute Gasteiger partial charge is 0.163 e. The van der Waals surface area contributed by atoms with Gasteiger partial charge in [0.1, 0.15) is 0 Å². The van der Waals surface area contributed by atoms with Crippen LogP contribution in [0.4, 0.5) is 0 Å². The SMILES string of the molecule is Cc1nn2c(ncc3c4ccnn4ccc32)c1-c1ccccc1. The second-order valence-corrected chi connectivity index (χ2v) is 5.60. The summed E-state index contributed by atoms with van der Waals surface area (Å²) in [5.41, 5.74) is 6.15. The van der Waals surface area contributed by atoms with Crippen LogP contribution in [-0.2, 0) is 0 Å². The molecule has 5 heteroatoms. The molecule has 0 unspecified atom stereocenters. The van der Waals surface area contributed by atoms with Crippen LogP contribution in [0.15, 0.2) is 61.1 Å². The Morgan fingerprint density at radius 1 is 0.957 bits per heavy atom. The third kappa shape index (κ3) is 1.64. The van der Waals surface area contributed by atoms with Crippen LogP contribution >= 0.6 is 0 Å². The molecule has 5 aromatic rings. The van der Waals surface area contributed by atoms with Crippen LogP contribution in [0.25, 0.3) is 33.2 Å². The predicted octanol–water partition coefficient (Wildman–Crippen LogP) is 3.51. The Kier molecular flexibility index (Phi) is 2.36. The summed E-state index contributed by atoms with van der Waals surface area (Å²) in [6.07, 6.45) is 5.66. The standard InChI is InChI=1S/C18H13N5/c1-12-17(13-5-3-2-4-6-13)18-19-11-14-15-7-9-20-22(15)10-8-16(14)23(18)21-12/h2-11H,1H3. The summed E-state index contributed by atoms with van der Waals surface area (Å²) in [5, 5.41) is 10.1. The van der Waals surface area contributed by atoms with Crippen molar-refractivity contribution in [1.82, 2.24) is 24.2 Å². The van der Waals surface area contributed by atoms with Crippen LogP contribution in [-0.4, -0.2) is 24.2 Å². The molecule has 0 bridgehead atoms. The summed E-state index contributed by atoms with van der Waals surface area (Å²) in [5.74, 6) is 0. The molecule has 0 N–H and O–H groups in total. The molecule has 4 heterocycles. The highest BCUT2D eigenvalue weighted by molar-refractivity contribution is 5.95. The van der Waals surface area contributed by atoms with Crippen LogP contribution in [0, 0.1) is 6.92 Å². The lowest BCUT2D eigenvalue weighted by Crippen LogP contribution is -1.96. The molecule has 0 saturated heterocycles. The quantitative estimate of drug-likeness (QED) is 0.476. The highest BCUT2D eigenvalue weighted by Crippen LogP contribution is 2.29. The van der Waals surface area contributed by atoms with E-state index < -0.39 is 0 Å². The molecular formula is C18H13N5. The van der Waals surface area contributed by atoms with Crippen LogP contribution in [0.1, 0.15) is 5.69 Å². The van der Waals surface area contributed by atoms with Gasteiger partial charge in [-0.3, -0.25) is 0 Å². The topological polar surface area (TPSA) is 47.5 Å². The van der Waals surface area contributed by atoms with Crippen molar-refractivity contribution in [2.24, 2.45) is 0 Å². The fourth-order valence-corrected chi connectivity index (χ4v) is 3.20. The minimum atomic E-state index is 0.880. The fourth-order valence-electron chi connectivity index (χ4n) is 3.20. The first-order valence-corrected chi connectivity index (χ1v) is 7.49. The molecule has 0 atom stereocenters. The Balaban J connectivity index is 1.93. The van der Waals surface area contributed by atoms with Crippen molar-refractivity contribution in [2.45, 2.75) is 6.92 Å². The first-order chi connectivity index (χ1) is 11.3. The monoisotopic (exact) mass is 299 g/mol. The van der Waals surface area contributed by atoms with Gasteiger partial charge in [0, 0.05) is 23.3 Å².